The molecule has 140 valence electrons. The standard InChI is InChI=1S/C17H25F3N4O/c1-21-16(22-6-5-17(18,19)20)23-12-14-3-2-4-15(11-14)13-24-7-9-25-10-8-24/h2-4,11H,5-10,12-13H2,1H3,(H2,21,22,23). The number of alkyl halides is 3. The van der Waals surface area contributed by atoms with E-state index in [1.54, 1.807) is 0 Å². The van der Waals surface area contributed by atoms with Gasteiger partial charge in [0.2, 0.25) is 0 Å². The van der Waals surface area contributed by atoms with Crippen molar-refractivity contribution in [1.82, 2.24) is 15.5 Å². The molecule has 1 aromatic rings. The largest absolute Gasteiger partial charge is 0.390 e. The Morgan fingerprint density at radius 3 is 2.60 bits per heavy atom. The predicted molar refractivity (Wildman–Crippen MR) is 91.4 cm³/mol. The van der Waals surface area contributed by atoms with Gasteiger partial charge < -0.3 is 15.4 Å². The number of ether oxygens (including phenoxy) is 1. The highest BCUT2D eigenvalue weighted by Gasteiger charge is 2.26. The minimum Gasteiger partial charge on any atom is -0.379 e. The smallest absolute Gasteiger partial charge is 0.379 e. The average Bonchev–Trinajstić information content (AvgIpc) is 2.58. The number of nitrogens with one attached hydrogen (secondary N) is 2. The zero-order chi connectivity index (χ0) is 18.1. The van der Waals surface area contributed by atoms with Crippen LogP contribution in [0.15, 0.2) is 29.3 Å². The maximum Gasteiger partial charge on any atom is 0.390 e. The summed E-state index contributed by atoms with van der Waals surface area (Å²) in [4.78, 5) is 6.28. The topological polar surface area (TPSA) is 48.9 Å². The highest BCUT2D eigenvalue weighted by Crippen LogP contribution is 2.18. The third-order valence-electron chi connectivity index (χ3n) is 3.89. The van der Waals surface area contributed by atoms with Crippen molar-refractivity contribution < 1.29 is 17.9 Å². The van der Waals surface area contributed by atoms with E-state index in [0.29, 0.717) is 12.5 Å². The second kappa shape index (κ2) is 9.62. The van der Waals surface area contributed by atoms with E-state index in [0.717, 1.165) is 38.4 Å². The third-order valence-corrected chi connectivity index (χ3v) is 3.89. The quantitative estimate of drug-likeness (QED) is 0.604. The summed E-state index contributed by atoms with van der Waals surface area (Å²) in [6.07, 6.45) is -5.05. The molecule has 1 aliphatic heterocycles. The van der Waals surface area contributed by atoms with Gasteiger partial charge in [0.1, 0.15) is 0 Å². The molecule has 0 atom stereocenters. The van der Waals surface area contributed by atoms with E-state index < -0.39 is 12.6 Å². The van der Waals surface area contributed by atoms with Gasteiger partial charge in [0, 0.05) is 39.8 Å². The van der Waals surface area contributed by atoms with Crippen LogP contribution >= 0.6 is 0 Å². The fourth-order valence-electron chi connectivity index (χ4n) is 2.58. The fourth-order valence-corrected chi connectivity index (χ4v) is 2.58. The molecule has 0 radical (unpaired) electrons. The summed E-state index contributed by atoms with van der Waals surface area (Å²) >= 11 is 0. The number of guanidine groups is 1. The fraction of sp³-hybridized carbons (Fsp3) is 0.588. The molecule has 0 aliphatic carbocycles. The van der Waals surface area contributed by atoms with Crippen LogP contribution in [0, 0.1) is 0 Å². The van der Waals surface area contributed by atoms with Gasteiger partial charge in [-0.3, -0.25) is 9.89 Å². The van der Waals surface area contributed by atoms with Crippen molar-refractivity contribution in [2.75, 3.05) is 39.9 Å². The number of hydrogen-bond acceptors (Lipinski definition) is 3. The van der Waals surface area contributed by atoms with Gasteiger partial charge in [0.15, 0.2) is 5.96 Å². The van der Waals surface area contributed by atoms with E-state index in [4.69, 9.17) is 4.74 Å². The average molecular weight is 358 g/mol. The van der Waals surface area contributed by atoms with Crippen molar-refractivity contribution in [1.29, 1.82) is 0 Å². The summed E-state index contributed by atoms with van der Waals surface area (Å²) in [6.45, 7) is 4.57. The number of benzene rings is 1. The Hall–Kier alpha value is -1.80. The van der Waals surface area contributed by atoms with Crippen LogP contribution in [-0.2, 0) is 17.8 Å². The Labute approximate surface area is 146 Å². The molecule has 2 N–H and O–H groups in total. The molecule has 1 saturated heterocycles. The Morgan fingerprint density at radius 1 is 1.20 bits per heavy atom. The lowest BCUT2D eigenvalue weighted by Crippen LogP contribution is -2.38. The van der Waals surface area contributed by atoms with Crippen LogP contribution in [0.25, 0.3) is 0 Å². The number of hydrogen-bond donors (Lipinski definition) is 2. The summed E-state index contributed by atoms with van der Waals surface area (Å²) in [5.74, 6) is 0.364. The SMILES string of the molecule is CN=C(NCCC(F)(F)F)NCc1cccc(CN2CCOCC2)c1. The molecular formula is C17H25F3N4O. The van der Waals surface area contributed by atoms with Crippen molar-refractivity contribution in [2.45, 2.75) is 25.7 Å². The number of halogens is 3. The van der Waals surface area contributed by atoms with Gasteiger partial charge in [-0.25, -0.2) is 0 Å². The summed E-state index contributed by atoms with van der Waals surface area (Å²) in [7, 11) is 1.54. The highest BCUT2D eigenvalue weighted by atomic mass is 19.4. The molecule has 5 nitrogen and oxygen atoms in total. The number of rotatable bonds is 6. The maximum atomic E-state index is 12.2. The van der Waals surface area contributed by atoms with E-state index in [-0.39, 0.29) is 6.54 Å². The van der Waals surface area contributed by atoms with Crippen molar-refractivity contribution >= 4 is 5.96 Å². The van der Waals surface area contributed by atoms with Crippen LogP contribution in [0.1, 0.15) is 17.5 Å². The summed E-state index contributed by atoms with van der Waals surface area (Å²) in [6, 6.07) is 8.16. The summed E-state index contributed by atoms with van der Waals surface area (Å²) in [5.41, 5.74) is 2.27. The van der Waals surface area contributed by atoms with E-state index in [9.17, 15) is 13.2 Å². The van der Waals surface area contributed by atoms with Gasteiger partial charge in [0.05, 0.1) is 19.6 Å². The molecule has 25 heavy (non-hydrogen) atoms. The first-order valence-electron chi connectivity index (χ1n) is 8.35. The van der Waals surface area contributed by atoms with E-state index in [1.165, 1.54) is 12.6 Å². The van der Waals surface area contributed by atoms with Gasteiger partial charge in [-0.05, 0) is 11.1 Å². The Bertz CT molecular complexity index is 557. The van der Waals surface area contributed by atoms with Crippen LogP contribution in [0.5, 0.6) is 0 Å². The van der Waals surface area contributed by atoms with Crippen LogP contribution in [0.4, 0.5) is 13.2 Å². The number of nitrogens with zero attached hydrogens (tertiary/aromatic N) is 2. The number of morpholine rings is 1. The van der Waals surface area contributed by atoms with Crippen molar-refractivity contribution in [2.24, 2.45) is 4.99 Å². The van der Waals surface area contributed by atoms with Crippen LogP contribution in [0.2, 0.25) is 0 Å². The molecule has 0 unspecified atom stereocenters. The molecule has 0 amide bonds. The molecule has 0 bridgehead atoms. The summed E-state index contributed by atoms with van der Waals surface area (Å²) < 4.78 is 41.9. The molecule has 2 rings (SSSR count). The van der Waals surface area contributed by atoms with Gasteiger partial charge in [-0.15, -0.1) is 0 Å². The van der Waals surface area contributed by atoms with Crippen LogP contribution in [0.3, 0.4) is 0 Å². The number of aliphatic imine (C=N–C) groups is 1. The summed E-state index contributed by atoms with van der Waals surface area (Å²) in [5, 5.41) is 5.71. The van der Waals surface area contributed by atoms with E-state index >= 15 is 0 Å². The minimum absolute atomic E-state index is 0.194. The van der Waals surface area contributed by atoms with Gasteiger partial charge >= 0.3 is 6.18 Å². The lowest BCUT2D eigenvalue weighted by molar-refractivity contribution is -0.132. The molecule has 8 heteroatoms. The molecule has 0 saturated carbocycles. The van der Waals surface area contributed by atoms with Crippen LogP contribution in [-0.4, -0.2) is 56.9 Å². The Kier molecular flexibility index (Phi) is 7.52. The zero-order valence-electron chi connectivity index (χ0n) is 14.4. The maximum absolute atomic E-state index is 12.2. The van der Waals surface area contributed by atoms with Crippen molar-refractivity contribution in [3.63, 3.8) is 0 Å². The second-order valence-corrected chi connectivity index (χ2v) is 5.93. The third kappa shape index (κ3) is 7.74. The Balaban J connectivity index is 1.80. The van der Waals surface area contributed by atoms with Crippen molar-refractivity contribution in [3.05, 3.63) is 35.4 Å². The molecule has 1 aliphatic rings. The highest BCUT2D eigenvalue weighted by molar-refractivity contribution is 5.79. The van der Waals surface area contributed by atoms with Crippen molar-refractivity contribution in [3.8, 4) is 0 Å². The van der Waals surface area contributed by atoms with Crippen LogP contribution < -0.4 is 10.6 Å². The first-order valence-corrected chi connectivity index (χ1v) is 8.35. The molecule has 1 aromatic carbocycles. The van der Waals surface area contributed by atoms with Gasteiger partial charge in [0.25, 0.3) is 0 Å². The Morgan fingerprint density at radius 2 is 1.92 bits per heavy atom. The lowest BCUT2D eigenvalue weighted by Gasteiger charge is -2.26. The second-order valence-electron chi connectivity index (χ2n) is 5.93. The first-order chi connectivity index (χ1) is 12.0. The van der Waals surface area contributed by atoms with E-state index in [2.05, 4.69) is 32.7 Å². The molecule has 0 aromatic heterocycles. The lowest BCUT2D eigenvalue weighted by atomic mass is 10.1. The predicted octanol–water partition coefficient (Wildman–Crippen LogP) is 2.14. The normalized spacial score (nSPS) is 16.7. The van der Waals surface area contributed by atoms with Gasteiger partial charge in [-0.2, -0.15) is 13.2 Å². The zero-order valence-corrected chi connectivity index (χ0v) is 14.4. The van der Waals surface area contributed by atoms with Gasteiger partial charge in [-0.1, -0.05) is 24.3 Å². The molecule has 0 spiro atoms. The molecule has 1 heterocycles. The molecular weight excluding hydrogens is 333 g/mol. The minimum atomic E-state index is -4.17. The van der Waals surface area contributed by atoms with E-state index in [1.807, 2.05) is 12.1 Å². The monoisotopic (exact) mass is 358 g/mol. The molecule has 1 fully saturated rings. The first kappa shape index (κ1) is 19.5.